The van der Waals surface area contributed by atoms with Crippen molar-refractivity contribution in [3.8, 4) is 11.3 Å². The lowest BCUT2D eigenvalue weighted by Crippen LogP contribution is -2.45. The van der Waals surface area contributed by atoms with Gasteiger partial charge in [-0.15, -0.1) is 0 Å². The van der Waals surface area contributed by atoms with Gasteiger partial charge in [0.2, 0.25) is 5.91 Å². The van der Waals surface area contributed by atoms with Crippen LogP contribution >= 0.6 is 0 Å². The van der Waals surface area contributed by atoms with E-state index in [4.69, 9.17) is 0 Å². The van der Waals surface area contributed by atoms with Crippen molar-refractivity contribution in [3.05, 3.63) is 95.6 Å². The Hall–Kier alpha value is -4.50. The Morgan fingerprint density at radius 2 is 1.87 bits per heavy atom. The largest absolute Gasteiger partial charge is 0.389 e. The van der Waals surface area contributed by atoms with Crippen LogP contribution in [0.25, 0.3) is 11.3 Å². The minimum absolute atomic E-state index is 0.0787. The lowest BCUT2D eigenvalue weighted by atomic mass is 10.0. The fourth-order valence-corrected chi connectivity index (χ4v) is 4.74. The zero-order valence-electron chi connectivity index (χ0n) is 21.8. The van der Waals surface area contributed by atoms with Gasteiger partial charge in [0, 0.05) is 42.7 Å². The first-order chi connectivity index (χ1) is 18.7. The smallest absolute Gasteiger partial charge is 0.257 e. The predicted octanol–water partition coefficient (Wildman–Crippen LogP) is 4.91. The van der Waals surface area contributed by atoms with Crippen molar-refractivity contribution in [1.29, 1.82) is 0 Å². The van der Waals surface area contributed by atoms with E-state index in [0.29, 0.717) is 41.3 Å². The first-order valence-corrected chi connectivity index (χ1v) is 12.8. The molecule has 0 unspecified atom stereocenters. The number of halogens is 1. The van der Waals surface area contributed by atoms with Crippen LogP contribution in [-0.2, 0) is 17.6 Å². The Labute approximate surface area is 225 Å². The zero-order valence-corrected chi connectivity index (χ0v) is 21.8. The monoisotopic (exact) mass is 527 g/mol. The average molecular weight is 528 g/mol. The number of benzene rings is 2. The van der Waals surface area contributed by atoms with Gasteiger partial charge in [-0.25, -0.2) is 9.37 Å². The number of hydrogen-bond donors (Lipinski definition) is 4. The van der Waals surface area contributed by atoms with E-state index in [2.05, 4.69) is 20.6 Å². The van der Waals surface area contributed by atoms with Crippen LogP contribution in [0, 0.1) is 5.82 Å². The second kappa shape index (κ2) is 10.7. The van der Waals surface area contributed by atoms with Crippen molar-refractivity contribution < 1.29 is 19.1 Å². The van der Waals surface area contributed by atoms with Crippen molar-refractivity contribution in [3.63, 3.8) is 0 Å². The molecule has 2 aromatic heterocycles. The molecule has 5 rings (SSSR count). The first kappa shape index (κ1) is 26.1. The number of carbonyl (C=O) groups excluding carboxylic acids is 2. The van der Waals surface area contributed by atoms with E-state index in [0.717, 1.165) is 16.9 Å². The highest BCUT2D eigenvalue weighted by molar-refractivity contribution is 6.06. The molecule has 4 aromatic rings. The minimum atomic E-state index is -1.02. The second-order valence-corrected chi connectivity index (χ2v) is 10.3. The summed E-state index contributed by atoms with van der Waals surface area (Å²) < 4.78 is 13.2. The Balaban J connectivity index is 1.47. The van der Waals surface area contributed by atoms with Crippen LogP contribution in [0.4, 0.5) is 21.6 Å². The third kappa shape index (κ3) is 6.15. The van der Waals surface area contributed by atoms with Crippen molar-refractivity contribution >= 4 is 29.0 Å². The highest BCUT2D eigenvalue weighted by Crippen LogP contribution is 2.38. The summed E-state index contributed by atoms with van der Waals surface area (Å²) in [5.41, 5.74) is 3.86. The van der Waals surface area contributed by atoms with E-state index in [1.165, 1.54) is 12.1 Å². The normalized spacial score (nSPS) is 13.2. The van der Waals surface area contributed by atoms with Crippen molar-refractivity contribution in [2.75, 3.05) is 23.7 Å². The summed E-state index contributed by atoms with van der Waals surface area (Å²) >= 11 is 0. The summed E-state index contributed by atoms with van der Waals surface area (Å²) in [6, 6.07) is 18.9. The van der Waals surface area contributed by atoms with Gasteiger partial charge in [0.1, 0.15) is 11.6 Å². The van der Waals surface area contributed by atoms with Crippen LogP contribution < -0.4 is 10.6 Å². The number of para-hydroxylation sites is 1. The molecule has 0 fully saturated rings. The van der Waals surface area contributed by atoms with Crippen LogP contribution in [0.1, 0.15) is 35.5 Å². The van der Waals surface area contributed by atoms with Crippen LogP contribution in [0.3, 0.4) is 0 Å². The number of amides is 2. The maximum atomic E-state index is 13.6. The topological polar surface area (TPSA) is 110 Å². The summed E-state index contributed by atoms with van der Waals surface area (Å²) in [6.45, 7) is 4.08. The van der Waals surface area contributed by atoms with Gasteiger partial charge in [0.25, 0.3) is 5.91 Å². The zero-order chi connectivity index (χ0) is 27.6. The van der Waals surface area contributed by atoms with Crippen molar-refractivity contribution in [2.45, 2.75) is 32.3 Å². The number of nitrogens with one attached hydrogen (secondary N) is 3. The quantitative estimate of drug-likeness (QED) is 0.260. The number of aromatic nitrogens is 2. The number of β-amino-alcohol motifs (C(OH)–C–C–N with tert-alkyl or cyclic N) is 1. The summed E-state index contributed by atoms with van der Waals surface area (Å²) in [4.78, 5) is 35.7. The summed E-state index contributed by atoms with van der Waals surface area (Å²) in [6.07, 6.45) is 2.28. The summed E-state index contributed by atoms with van der Waals surface area (Å²) in [7, 11) is 0. The maximum absolute atomic E-state index is 13.6. The molecule has 4 N–H and O–H groups in total. The van der Waals surface area contributed by atoms with E-state index in [-0.39, 0.29) is 30.6 Å². The molecule has 0 radical (unpaired) electrons. The number of anilines is 3. The molecule has 1 aliphatic rings. The summed E-state index contributed by atoms with van der Waals surface area (Å²) in [5, 5.41) is 16.6. The highest BCUT2D eigenvalue weighted by Gasteiger charge is 2.34. The Kier molecular flexibility index (Phi) is 7.17. The standard InChI is InChI=1S/C30H30FN5O3/c1-30(2,39)18-36-15-13-23-26(29(36)38)28(33-22-6-4-3-5-7-22)27(34-23)20-12-14-32-24(17-20)35-25(37)16-19-8-10-21(31)11-9-19/h3-12,14,17,33-34,39H,13,15-16,18H2,1-2H3,(H,32,35,37). The summed E-state index contributed by atoms with van der Waals surface area (Å²) in [5.74, 6) is -0.449. The minimum Gasteiger partial charge on any atom is -0.389 e. The van der Waals surface area contributed by atoms with E-state index in [1.54, 1.807) is 43.1 Å². The van der Waals surface area contributed by atoms with Gasteiger partial charge in [0.15, 0.2) is 0 Å². The fraction of sp³-hybridized carbons (Fsp3) is 0.233. The van der Waals surface area contributed by atoms with Gasteiger partial charge >= 0.3 is 0 Å². The molecule has 8 nitrogen and oxygen atoms in total. The number of pyridine rings is 1. The van der Waals surface area contributed by atoms with E-state index in [9.17, 15) is 19.1 Å². The number of nitrogens with zero attached hydrogens (tertiary/aromatic N) is 2. The van der Waals surface area contributed by atoms with Gasteiger partial charge in [0.05, 0.1) is 29.0 Å². The van der Waals surface area contributed by atoms with Crippen LogP contribution in [0.2, 0.25) is 0 Å². The van der Waals surface area contributed by atoms with Gasteiger partial charge in [-0.1, -0.05) is 30.3 Å². The van der Waals surface area contributed by atoms with Gasteiger partial charge < -0.3 is 25.6 Å². The molecule has 1 aliphatic heterocycles. The van der Waals surface area contributed by atoms with Crippen LogP contribution in [0.5, 0.6) is 0 Å². The van der Waals surface area contributed by atoms with Gasteiger partial charge in [-0.2, -0.15) is 0 Å². The third-order valence-electron chi connectivity index (χ3n) is 6.43. The molecule has 2 amide bonds. The second-order valence-electron chi connectivity index (χ2n) is 10.3. The molecule has 39 heavy (non-hydrogen) atoms. The van der Waals surface area contributed by atoms with E-state index < -0.39 is 5.60 Å². The first-order valence-electron chi connectivity index (χ1n) is 12.8. The molecular weight excluding hydrogens is 497 g/mol. The van der Waals surface area contributed by atoms with Gasteiger partial charge in [-0.05, 0) is 55.8 Å². The van der Waals surface area contributed by atoms with E-state index in [1.807, 2.05) is 36.4 Å². The van der Waals surface area contributed by atoms with Crippen LogP contribution in [-0.4, -0.2) is 50.5 Å². The Morgan fingerprint density at radius 3 is 2.59 bits per heavy atom. The molecule has 0 spiro atoms. The molecule has 0 bridgehead atoms. The number of fused-ring (bicyclic) bond motifs is 1. The van der Waals surface area contributed by atoms with E-state index >= 15 is 0 Å². The number of hydrogen-bond acceptors (Lipinski definition) is 5. The predicted molar refractivity (Wildman–Crippen MR) is 148 cm³/mol. The molecule has 0 atom stereocenters. The number of H-pyrrole nitrogens is 1. The maximum Gasteiger partial charge on any atom is 0.257 e. The molecule has 200 valence electrons. The van der Waals surface area contributed by atoms with Gasteiger partial charge in [-0.3, -0.25) is 9.59 Å². The Bertz CT molecular complexity index is 1490. The molecule has 0 aliphatic carbocycles. The Morgan fingerprint density at radius 1 is 1.13 bits per heavy atom. The van der Waals surface area contributed by atoms with Crippen molar-refractivity contribution in [1.82, 2.24) is 14.9 Å². The molecule has 2 aromatic carbocycles. The molecule has 3 heterocycles. The number of rotatable bonds is 8. The molecule has 0 saturated heterocycles. The number of aliphatic hydroxyl groups is 1. The molecule has 0 saturated carbocycles. The molecule has 9 heteroatoms. The average Bonchev–Trinajstić information content (AvgIpc) is 3.26. The number of aromatic amines is 1. The van der Waals surface area contributed by atoms with Crippen molar-refractivity contribution in [2.24, 2.45) is 0 Å². The van der Waals surface area contributed by atoms with Crippen LogP contribution in [0.15, 0.2) is 72.9 Å². The fourth-order valence-electron chi connectivity index (χ4n) is 4.74. The SMILES string of the molecule is CC(C)(O)CN1CCc2[nH]c(-c3ccnc(NC(=O)Cc4ccc(F)cc4)c3)c(Nc3ccccc3)c2C1=O. The highest BCUT2D eigenvalue weighted by atomic mass is 19.1. The third-order valence-corrected chi connectivity index (χ3v) is 6.43. The number of carbonyl (C=O) groups is 2. The lowest BCUT2D eigenvalue weighted by Gasteiger charge is -2.32. The molecular formula is C30H30FN5O3. The lowest BCUT2D eigenvalue weighted by molar-refractivity contribution is -0.115.